The van der Waals surface area contributed by atoms with Gasteiger partial charge in [-0.3, -0.25) is 9.69 Å². The van der Waals surface area contributed by atoms with Crippen molar-refractivity contribution in [3.63, 3.8) is 0 Å². The molecular weight excluding hydrogens is 250 g/mol. The van der Waals surface area contributed by atoms with E-state index >= 15 is 0 Å². The fraction of sp³-hybridized carbons (Fsp3) is 0.364. The number of nitrogens with zero attached hydrogens (tertiary/aromatic N) is 3. The van der Waals surface area contributed by atoms with Crippen molar-refractivity contribution in [2.24, 2.45) is 0 Å². The molecule has 0 bridgehead atoms. The lowest BCUT2D eigenvalue weighted by Crippen LogP contribution is -2.39. The van der Waals surface area contributed by atoms with Gasteiger partial charge in [0.2, 0.25) is 0 Å². The van der Waals surface area contributed by atoms with Crippen molar-refractivity contribution < 1.29 is 4.79 Å². The molecule has 2 aromatic rings. The number of carbonyl (C=O) groups excluding carboxylic acids is 1. The summed E-state index contributed by atoms with van der Waals surface area (Å²) in [5.41, 5.74) is 2.80. The molecule has 0 aromatic carbocycles. The van der Waals surface area contributed by atoms with Crippen LogP contribution in [-0.4, -0.2) is 34.5 Å². The van der Waals surface area contributed by atoms with Crippen LogP contribution in [0.1, 0.15) is 16.6 Å². The van der Waals surface area contributed by atoms with E-state index in [1.165, 1.54) is 11.3 Å². The van der Waals surface area contributed by atoms with Crippen molar-refractivity contribution in [3.05, 3.63) is 28.6 Å². The molecule has 94 valence electrons. The smallest absolute Gasteiger partial charge is 0.250 e. The molecule has 0 radical (unpaired) electrons. The zero-order chi connectivity index (χ0) is 12.5. The molecule has 0 fully saturated rings. The van der Waals surface area contributed by atoms with Crippen molar-refractivity contribution in [1.29, 1.82) is 0 Å². The highest BCUT2D eigenvalue weighted by Gasteiger charge is 2.32. The molecule has 3 rings (SSSR count). The Morgan fingerprint density at radius 2 is 2.44 bits per heavy atom. The van der Waals surface area contributed by atoms with E-state index in [0.717, 1.165) is 17.0 Å². The van der Waals surface area contributed by atoms with Gasteiger partial charge in [0.05, 0.1) is 22.4 Å². The van der Waals surface area contributed by atoms with Crippen molar-refractivity contribution in [3.8, 4) is 0 Å². The number of anilines is 1. The van der Waals surface area contributed by atoms with E-state index in [2.05, 4.69) is 20.3 Å². The summed E-state index contributed by atoms with van der Waals surface area (Å²) in [4.78, 5) is 26.6. The minimum Gasteiger partial charge on any atom is -0.349 e. The Morgan fingerprint density at radius 3 is 3.17 bits per heavy atom. The van der Waals surface area contributed by atoms with Crippen LogP contribution in [0, 0.1) is 0 Å². The minimum absolute atomic E-state index is 0.0209. The first-order valence-corrected chi connectivity index (χ1v) is 6.59. The monoisotopic (exact) mass is 263 g/mol. The molecule has 0 spiro atoms. The Balaban J connectivity index is 1.99. The topological polar surface area (TPSA) is 73.9 Å². The molecule has 1 unspecified atom stereocenters. The lowest BCUT2D eigenvalue weighted by Gasteiger charge is -2.21. The first-order chi connectivity index (χ1) is 8.81. The van der Waals surface area contributed by atoms with Gasteiger partial charge in [0.25, 0.3) is 5.91 Å². The normalized spacial score (nSPS) is 19.7. The third-order valence-corrected chi connectivity index (χ3v) is 4.01. The van der Waals surface area contributed by atoms with Crippen LogP contribution in [0.2, 0.25) is 0 Å². The highest BCUT2D eigenvalue weighted by Crippen LogP contribution is 2.29. The number of fused-ring (bicyclic) bond motifs is 1. The maximum absolute atomic E-state index is 12.5. The Hall–Kier alpha value is -1.73. The van der Waals surface area contributed by atoms with Crippen LogP contribution in [0.3, 0.4) is 0 Å². The highest BCUT2D eigenvalue weighted by atomic mass is 32.1. The molecule has 3 heterocycles. The van der Waals surface area contributed by atoms with Crippen molar-refractivity contribution in [2.45, 2.75) is 12.5 Å². The van der Waals surface area contributed by atoms with Gasteiger partial charge >= 0.3 is 0 Å². The number of thiazole rings is 1. The summed E-state index contributed by atoms with van der Waals surface area (Å²) >= 11 is 1.53. The van der Waals surface area contributed by atoms with Gasteiger partial charge in [0.15, 0.2) is 5.82 Å². The number of H-pyrrole nitrogens is 1. The SMILES string of the molecule is CNC1C(=O)N(c2c[nH]cn2)CCc2ncsc21. The summed E-state index contributed by atoms with van der Waals surface area (Å²) in [6.07, 6.45) is 4.07. The van der Waals surface area contributed by atoms with Crippen LogP contribution in [0.15, 0.2) is 18.0 Å². The first kappa shape index (κ1) is 11.4. The molecule has 2 aromatic heterocycles. The summed E-state index contributed by atoms with van der Waals surface area (Å²) in [6, 6.07) is -0.327. The van der Waals surface area contributed by atoms with E-state index in [0.29, 0.717) is 12.4 Å². The second kappa shape index (κ2) is 4.51. The molecule has 1 aliphatic rings. The molecular formula is C11H13N5OS. The molecule has 18 heavy (non-hydrogen) atoms. The summed E-state index contributed by atoms with van der Waals surface area (Å²) in [7, 11) is 1.79. The Morgan fingerprint density at radius 1 is 1.56 bits per heavy atom. The van der Waals surface area contributed by atoms with Crippen molar-refractivity contribution in [2.75, 3.05) is 18.5 Å². The predicted octanol–water partition coefficient (Wildman–Crippen LogP) is 0.716. The van der Waals surface area contributed by atoms with E-state index < -0.39 is 0 Å². The molecule has 6 nitrogen and oxygen atoms in total. The zero-order valence-corrected chi connectivity index (χ0v) is 10.7. The largest absolute Gasteiger partial charge is 0.349 e. The molecule has 1 amide bonds. The van der Waals surface area contributed by atoms with Crippen LogP contribution < -0.4 is 10.2 Å². The van der Waals surface area contributed by atoms with Gasteiger partial charge < -0.3 is 10.3 Å². The molecule has 0 saturated carbocycles. The second-order valence-corrected chi connectivity index (χ2v) is 4.94. The second-order valence-electron chi connectivity index (χ2n) is 4.05. The van der Waals surface area contributed by atoms with Gasteiger partial charge in [-0.2, -0.15) is 0 Å². The van der Waals surface area contributed by atoms with E-state index in [1.54, 1.807) is 30.0 Å². The van der Waals surface area contributed by atoms with Crippen molar-refractivity contribution >= 4 is 23.1 Å². The third kappa shape index (κ3) is 1.72. The predicted molar refractivity (Wildman–Crippen MR) is 68.6 cm³/mol. The first-order valence-electron chi connectivity index (χ1n) is 5.71. The number of amides is 1. The van der Waals surface area contributed by atoms with E-state index in [1.807, 2.05) is 0 Å². The van der Waals surface area contributed by atoms with Crippen LogP contribution in [0.5, 0.6) is 0 Å². The molecule has 7 heteroatoms. The quantitative estimate of drug-likeness (QED) is 0.837. The maximum atomic E-state index is 12.5. The van der Waals surface area contributed by atoms with Gasteiger partial charge in [-0.05, 0) is 7.05 Å². The van der Waals surface area contributed by atoms with Gasteiger partial charge in [0.1, 0.15) is 6.04 Å². The molecule has 1 aliphatic heterocycles. The van der Waals surface area contributed by atoms with Crippen LogP contribution in [0.4, 0.5) is 5.82 Å². The molecule has 0 saturated heterocycles. The Labute approximate surface area is 108 Å². The zero-order valence-electron chi connectivity index (χ0n) is 9.88. The van der Waals surface area contributed by atoms with Gasteiger partial charge in [0, 0.05) is 19.2 Å². The molecule has 0 aliphatic carbocycles. The van der Waals surface area contributed by atoms with Gasteiger partial charge in [-0.25, -0.2) is 9.97 Å². The number of imidazole rings is 1. The summed E-state index contributed by atoms with van der Waals surface area (Å²) in [5.74, 6) is 0.683. The van der Waals surface area contributed by atoms with Crippen LogP contribution >= 0.6 is 11.3 Å². The average Bonchev–Trinajstić information content (AvgIpc) is 3.01. The highest BCUT2D eigenvalue weighted by molar-refractivity contribution is 7.10. The van der Waals surface area contributed by atoms with E-state index in [-0.39, 0.29) is 11.9 Å². The number of nitrogens with one attached hydrogen (secondary N) is 2. The van der Waals surface area contributed by atoms with Crippen molar-refractivity contribution in [1.82, 2.24) is 20.3 Å². The number of likely N-dealkylation sites (N-methyl/N-ethyl adjacent to an activating group) is 1. The van der Waals surface area contributed by atoms with Gasteiger partial charge in [-0.1, -0.05) is 0 Å². The number of aromatic nitrogens is 3. The number of hydrogen-bond donors (Lipinski definition) is 2. The van der Waals surface area contributed by atoms with Gasteiger partial charge in [-0.15, -0.1) is 11.3 Å². The Bertz CT molecular complexity index is 550. The molecule has 2 N–H and O–H groups in total. The number of rotatable bonds is 2. The van der Waals surface area contributed by atoms with E-state index in [9.17, 15) is 4.79 Å². The van der Waals surface area contributed by atoms with Crippen LogP contribution in [0.25, 0.3) is 0 Å². The number of hydrogen-bond acceptors (Lipinski definition) is 5. The summed E-state index contributed by atoms with van der Waals surface area (Å²) in [6.45, 7) is 0.610. The average molecular weight is 263 g/mol. The summed E-state index contributed by atoms with van der Waals surface area (Å²) < 4.78 is 0. The number of carbonyl (C=O) groups is 1. The molecule has 1 atom stereocenters. The fourth-order valence-corrected chi connectivity index (χ4v) is 3.12. The van der Waals surface area contributed by atoms with E-state index in [4.69, 9.17) is 0 Å². The lowest BCUT2D eigenvalue weighted by molar-refractivity contribution is -0.120. The standard InChI is InChI=1S/C11H13N5OS/c1-12-9-10-7(15-6-18-10)2-3-16(11(9)17)8-4-13-5-14-8/h4-6,9,12H,2-3H2,1H3,(H,13,14). The lowest BCUT2D eigenvalue weighted by atomic mass is 10.2. The summed E-state index contributed by atoms with van der Waals surface area (Å²) in [5, 5.41) is 3.07. The third-order valence-electron chi connectivity index (χ3n) is 3.07. The number of aromatic amines is 1. The maximum Gasteiger partial charge on any atom is 0.250 e. The van der Waals surface area contributed by atoms with Crippen LogP contribution in [-0.2, 0) is 11.2 Å². The Kier molecular flexibility index (Phi) is 2.85. The fourth-order valence-electron chi connectivity index (χ4n) is 2.18. The minimum atomic E-state index is -0.327.